The first kappa shape index (κ1) is 17.0. The summed E-state index contributed by atoms with van der Waals surface area (Å²) < 4.78 is 2.35. The molecule has 5 nitrogen and oxygen atoms in total. The number of nitrogens with one attached hydrogen (secondary N) is 1. The van der Waals surface area contributed by atoms with Gasteiger partial charge in [0.05, 0.1) is 11.3 Å². The number of thiophene rings is 1. The van der Waals surface area contributed by atoms with E-state index in [4.69, 9.17) is 0 Å². The fraction of sp³-hybridized carbons (Fsp3) is 0.533. The number of hydrogen-bond acceptors (Lipinski definition) is 5. The molecule has 2 rings (SSSR count). The molecule has 0 bridgehead atoms. The van der Waals surface area contributed by atoms with E-state index in [1.54, 1.807) is 4.57 Å². The van der Waals surface area contributed by atoms with Gasteiger partial charge in [-0.3, -0.25) is 14.2 Å². The molecule has 0 radical (unpaired) electrons. The lowest BCUT2D eigenvalue weighted by molar-refractivity contribution is -0.119. The number of hydrogen-bond donors (Lipinski definition) is 1. The molecular formula is C15H21N3O2S2. The normalized spacial score (nSPS) is 11.8. The van der Waals surface area contributed by atoms with Crippen molar-refractivity contribution in [2.24, 2.45) is 0 Å². The molecule has 0 saturated heterocycles. The summed E-state index contributed by atoms with van der Waals surface area (Å²) in [4.78, 5) is 29.0. The molecule has 0 spiro atoms. The third kappa shape index (κ3) is 4.10. The Hall–Kier alpha value is -1.34. The zero-order valence-electron chi connectivity index (χ0n) is 13.3. The Morgan fingerprint density at radius 3 is 2.82 bits per heavy atom. The molecule has 0 aliphatic carbocycles. The lowest BCUT2D eigenvalue weighted by Crippen LogP contribution is -2.41. The van der Waals surface area contributed by atoms with Gasteiger partial charge >= 0.3 is 0 Å². The van der Waals surface area contributed by atoms with Crippen molar-refractivity contribution in [2.45, 2.75) is 51.4 Å². The van der Waals surface area contributed by atoms with Gasteiger partial charge in [0.1, 0.15) is 4.70 Å². The van der Waals surface area contributed by atoms with E-state index in [1.807, 2.05) is 39.1 Å². The summed E-state index contributed by atoms with van der Waals surface area (Å²) in [5.74, 6) is 0.198. The maximum Gasteiger partial charge on any atom is 0.272 e. The van der Waals surface area contributed by atoms with Crippen LogP contribution in [-0.2, 0) is 11.3 Å². The second-order valence-electron chi connectivity index (χ2n) is 6.07. The van der Waals surface area contributed by atoms with E-state index in [0.717, 1.165) is 6.42 Å². The van der Waals surface area contributed by atoms with Crippen LogP contribution < -0.4 is 10.9 Å². The average Bonchev–Trinajstić information content (AvgIpc) is 2.86. The van der Waals surface area contributed by atoms with Gasteiger partial charge in [0.25, 0.3) is 5.56 Å². The summed E-state index contributed by atoms with van der Waals surface area (Å²) in [5.41, 5.74) is 0.438. The largest absolute Gasteiger partial charge is 0.351 e. The first-order valence-electron chi connectivity index (χ1n) is 7.23. The van der Waals surface area contributed by atoms with E-state index >= 15 is 0 Å². The Morgan fingerprint density at radius 2 is 2.18 bits per heavy atom. The maximum atomic E-state index is 12.5. The zero-order valence-corrected chi connectivity index (χ0v) is 14.9. The smallest absolute Gasteiger partial charge is 0.272 e. The summed E-state index contributed by atoms with van der Waals surface area (Å²) in [7, 11) is 0. The molecule has 0 aromatic carbocycles. The van der Waals surface area contributed by atoms with Gasteiger partial charge in [-0.25, -0.2) is 4.98 Å². The molecule has 1 amide bonds. The van der Waals surface area contributed by atoms with Crippen LogP contribution in [0.15, 0.2) is 21.4 Å². The van der Waals surface area contributed by atoms with Crippen molar-refractivity contribution in [3.05, 3.63) is 21.8 Å². The van der Waals surface area contributed by atoms with Crippen LogP contribution in [0.25, 0.3) is 10.2 Å². The topological polar surface area (TPSA) is 64.0 Å². The molecule has 120 valence electrons. The summed E-state index contributed by atoms with van der Waals surface area (Å²) in [6, 6.07) is 1.84. The highest BCUT2D eigenvalue weighted by atomic mass is 32.2. The number of aromatic nitrogens is 2. The first-order chi connectivity index (χ1) is 10.3. The van der Waals surface area contributed by atoms with Gasteiger partial charge in [-0.05, 0) is 38.6 Å². The summed E-state index contributed by atoms with van der Waals surface area (Å²) in [6.07, 6.45) is 0.847. The van der Waals surface area contributed by atoms with Gasteiger partial charge < -0.3 is 5.32 Å². The lowest BCUT2D eigenvalue weighted by atomic mass is 10.1. The van der Waals surface area contributed by atoms with Crippen LogP contribution in [0.2, 0.25) is 0 Å². The minimum absolute atomic E-state index is 0.0134. The van der Waals surface area contributed by atoms with E-state index in [2.05, 4.69) is 10.3 Å². The number of fused-ring (bicyclic) bond motifs is 1. The van der Waals surface area contributed by atoms with E-state index < -0.39 is 0 Å². The highest BCUT2D eigenvalue weighted by Crippen LogP contribution is 2.21. The van der Waals surface area contributed by atoms with E-state index in [-0.39, 0.29) is 22.8 Å². The third-order valence-corrected chi connectivity index (χ3v) is 4.69. The molecule has 0 aliphatic heterocycles. The highest BCUT2D eigenvalue weighted by Gasteiger charge is 2.16. The predicted molar refractivity (Wildman–Crippen MR) is 92.8 cm³/mol. The molecule has 0 fully saturated rings. The minimum Gasteiger partial charge on any atom is -0.351 e. The molecule has 2 aromatic rings. The van der Waals surface area contributed by atoms with Gasteiger partial charge in [0.15, 0.2) is 5.16 Å². The number of carbonyl (C=O) groups is 1. The molecule has 2 aromatic heterocycles. The van der Waals surface area contributed by atoms with Crippen molar-refractivity contribution >= 4 is 39.2 Å². The Bertz CT molecular complexity index is 728. The van der Waals surface area contributed by atoms with Crippen molar-refractivity contribution in [2.75, 3.05) is 5.75 Å². The lowest BCUT2D eigenvalue weighted by Gasteiger charge is -2.20. The molecule has 7 heteroatoms. The quantitative estimate of drug-likeness (QED) is 0.672. The van der Waals surface area contributed by atoms with Crippen LogP contribution in [0.1, 0.15) is 34.1 Å². The van der Waals surface area contributed by atoms with Gasteiger partial charge in [0, 0.05) is 12.1 Å². The van der Waals surface area contributed by atoms with E-state index in [9.17, 15) is 9.59 Å². The molecule has 0 aliphatic rings. The first-order valence-corrected chi connectivity index (χ1v) is 9.10. The van der Waals surface area contributed by atoms with Crippen LogP contribution in [0.5, 0.6) is 0 Å². The Balaban J connectivity index is 2.24. The number of amides is 1. The molecular weight excluding hydrogens is 318 g/mol. The Kier molecular flexibility index (Phi) is 5.28. The summed E-state index contributed by atoms with van der Waals surface area (Å²) in [6.45, 7) is 8.46. The minimum atomic E-state index is -0.258. The van der Waals surface area contributed by atoms with E-state index in [0.29, 0.717) is 21.9 Å². The molecule has 0 unspecified atom stereocenters. The predicted octanol–water partition coefficient (Wildman–Crippen LogP) is 2.87. The average molecular weight is 339 g/mol. The van der Waals surface area contributed by atoms with Crippen LogP contribution in [-0.4, -0.2) is 26.8 Å². The van der Waals surface area contributed by atoms with Crippen molar-refractivity contribution in [3.63, 3.8) is 0 Å². The number of nitrogens with zero attached hydrogens (tertiary/aromatic N) is 2. The van der Waals surface area contributed by atoms with Gasteiger partial charge in [0.2, 0.25) is 5.91 Å². The van der Waals surface area contributed by atoms with Crippen LogP contribution >= 0.6 is 23.1 Å². The Morgan fingerprint density at radius 1 is 1.45 bits per heavy atom. The molecule has 1 N–H and O–H groups in total. The summed E-state index contributed by atoms with van der Waals surface area (Å²) >= 11 is 2.72. The number of carbonyl (C=O) groups excluding carboxylic acids is 1. The third-order valence-electron chi connectivity index (χ3n) is 2.82. The molecule has 0 saturated carbocycles. The van der Waals surface area contributed by atoms with E-state index in [1.165, 1.54) is 23.1 Å². The van der Waals surface area contributed by atoms with Gasteiger partial charge in [-0.2, -0.15) is 0 Å². The number of rotatable bonds is 5. The van der Waals surface area contributed by atoms with Crippen molar-refractivity contribution in [1.29, 1.82) is 0 Å². The monoisotopic (exact) mass is 339 g/mol. The van der Waals surface area contributed by atoms with Gasteiger partial charge in [-0.1, -0.05) is 18.7 Å². The fourth-order valence-corrected chi connectivity index (χ4v) is 3.64. The molecule has 0 atom stereocenters. The summed E-state index contributed by atoms with van der Waals surface area (Å²) in [5, 5.41) is 5.40. The standard InChI is InChI=1S/C15H21N3O2S2/c1-5-7-18-13(20)12-10(6-8-21-12)16-14(18)22-9-11(19)17-15(2,3)4/h6,8H,5,7,9H2,1-4H3,(H,17,19). The number of thioether (sulfide) groups is 1. The van der Waals surface area contributed by atoms with Crippen LogP contribution in [0.3, 0.4) is 0 Å². The highest BCUT2D eigenvalue weighted by molar-refractivity contribution is 7.99. The molecule has 2 heterocycles. The second kappa shape index (κ2) is 6.83. The van der Waals surface area contributed by atoms with Crippen molar-refractivity contribution < 1.29 is 4.79 Å². The second-order valence-corrected chi connectivity index (χ2v) is 7.93. The Labute approximate surface area is 138 Å². The van der Waals surface area contributed by atoms with Crippen molar-refractivity contribution in [1.82, 2.24) is 14.9 Å². The van der Waals surface area contributed by atoms with Crippen LogP contribution in [0.4, 0.5) is 0 Å². The fourth-order valence-electron chi connectivity index (χ4n) is 2.04. The maximum absolute atomic E-state index is 12.5. The van der Waals surface area contributed by atoms with Crippen LogP contribution in [0, 0.1) is 0 Å². The van der Waals surface area contributed by atoms with Gasteiger partial charge in [-0.15, -0.1) is 11.3 Å². The molecule has 22 heavy (non-hydrogen) atoms. The zero-order chi connectivity index (χ0) is 16.3. The SMILES string of the molecule is CCCn1c(SCC(=O)NC(C)(C)C)nc2ccsc2c1=O. The van der Waals surface area contributed by atoms with Crippen molar-refractivity contribution in [3.8, 4) is 0 Å².